The number of imidazole rings is 1. The summed E-state index contributed by atoms with van der Waals surface area (Å²) in [6, 6.07) is 6.18. The summed E-state index contributed by atoms with van der Waals surface area (Å²) in [5, 5.41) is 0. The molecule has 5 heteroatoms. The number of halogens is 2. The van der Waals surface area contributed by atoms with Gasteiger partial charge in [-0.05, 0) is 44.2 Å². The first-order valence-electron chi connectivity index (χ1n) is 7.19. The molecule has 0 N–H and O–H groups in total. The van der Waals surface area contributed by atoms with Crippen molar-refractivity contribution in [1.82, 2.24) is 14.5 Å². The monoisotopic (exact) mass is 291 g/mol. The number of rotatable bonds is 3. The Kier molecular flexibility index (Phi) is 3.76. The van der Waals surface area contributed by atoms with Gasteiger partial charge in [-0.15, -0.1) is 0 Å². The smallest absolute Gasteiger partial charge is 0.131 e. The lowest BCUT2D eigenvalue weighted by Crippen LogP contribution is -2.42. The number of hydrogen-bond acceptors (Lipinski definition) is 2. The summed E-state index contributed by atoms with van der Waals surface area (Å²) in [7, 11) is 2.02. The Bertz CT molecular complexity index is 598. The summed E-state index contributed by atoms with van der Waals surface area (Å²) in [5.74, 6) is -0.271. The van der Waals surface area contributed by atoms with Gasteiger partial charge in [-0.25, -0.2) is 13.8 Å². The molecule has 2 heterocycles. The number of aromatic nitrogens is 2. The summed E-state index contributed by atoms with van der Waals surface area (Å²) in [4.78, 5) is 6.44. The normalized spacial score (nSPS) is 18.8. The summed E-state index contributed by atoms with van der Waals surface area (Å²) in [6.07, 6.45) is 4.58. The molecular formula is C16H19F2N3. The van der Waals surface area contributed by atoms with E-state index in [1.165, 1.54) is 12.1 Å². The van der Waals surface area contributed by atoms with E-state index in [-0.39, 0.29) is 5.82 Å². The molecule has 1 aromatic carbocycles. The minimum Gasteiger partial charge on any atom is -0.334 e. The van der Waals surface area contributed by atoms with Gasteiger partial charge in [0.2, 0.25) is 0 Å². The minimum absolute atomic E-state index is 0.271. The highest BCUT2D eigenvalue weighted by atomic mass is 19.1. The average molecular weight is 291 g/mol. The van der Waals surface area contributed by atoms with Crippen molar-refractivity contribution < 1.29 is 8.78 Å². The van der Waals surface area contributed by atoms with Crippen molar-refractivity contribution in [1.29, 1.82) is 0 Å². The Morgan fingerprint density at radius 1 is 1.19 bits per heavy atom. The lowest BCUT2D eigenvalue weighted by Gasteiger charge is -2.34. The zero-order chi connectivity index (χ0) is 14.9. The summed E-state index contributed by atoms with van der Waals surface area (Å²) in [6.45, 7) is 1.90. The van der Waals surface area contributed by atoms with Gasteiger partial charge in [0.15, 0.2) is 0 Å². The second kappa shape index (κ2) is 5.56. The fourth-order valence-corrected chi connectivity index (χ4v) is 2.72. The van der Waals surface area contributed by atoms with E-state index in [1.54, 1.807) is 23.0 Å². The Hall–Kier alpha value is -1.75. The Balaban J connectivity index is 1.72. The van der Waals surface area contributed by atoms with Crippen LogP contribution in [0, 0.1) is 5.82 Å². The highest BCUT2D eigenvalue weighted by Crippen LogP contribution is 2.28. The first-order chi connectivity index (χ1) is 10.0. The maximum atomic E-state index is 14.8. The van der Waals surface area contributed by atoms with Crippen LogP contribution in [0.2, 0.25) is 0 Å². The second-order valence-electron chi connectivity index (χ2n) is 5.89. The van der Waals surface area contributed by atoms with Crippen molar-refractivity contribution in [3.05, 3.63) is 42.6 Å². The molecule has 0 bridgehead atoms. The fraction of sp³-hybridized carbons (Fsp3) is 0.438. The van der Waals surface area contributed by atoms with E-state index in [9.17, 15) is 8.78 Å². The van der Waals surface area contributed by atoms with E-state index < -0.39 is 5.67 Å². The van der Waals surface area contributed by atoms with Crippen molar-refractivity contribution in [2.24, 2.45) is 0 Å². The number of likely N-dealkylation sites (tertiary alicyclic amines) is 1. The summed E-state index contributed by atoms with van der Waals surface area (Å²) < 4.78 is 29.5. The van der Waals surface area contributed by atoms with Gasteiger partial charge in [0.1, 0.15) is 11.5 Å². The first kappa shape index (κ1) is 14.2. The van der Waals surface area contributed by atoms with Crippen LogP contribution in [0.15, 0.2) is 36.8 Å². The maximum Gasteiger partial charge on any atom is 0.131 e. The van der Waals surface area contributed by atoms with Crippen LogP contribution < -0.4 is 0 Å². The van der Waals surface area contributed by atoms with Crippen LogP contribution in [0.5, 0.6) is 0 Å². The third kappa shape index (κ3) is 3.29. The molecule has 3 nitrogen and oxygen atoms in total. The van der Waals surface area contributed by atoms with Crippen LogP contribution in [-0.2, 0) is 6.54 Å². The number of benzene rings is 1. The Morgan fingerprint density at radius 2 is 1.86 bits per heavy atom. The topological polar surface area (TPSA) is 21.1 Å². The third-order valence-electron chi connectivity index (χ3n) is 4.12. The maximum absolute atomic E-state index is 14.8. The van der Waals surface area contributed by atoms with Gasteiger partial charge in [0.05, 0.1) is 18.6 Å². The molecule has 112 valence electrons. The van der Waals surface area contributed by atoms with Crippen molar-refractivity contribution in [2.45, 2.75) is 25.1 Å². The predicted octanol–water partition coefficient (Wildman–Crippen LogP) is 3.12. The van der Waals surface area contributed by atoms with Gasteiger partial charge >= 0.3 is 0 Å². The fourth-order valence-electron chi connectivity index (χ4n) is 2.72. The first-order valence-corrected chi connectivity index (χ1v) is 7.19. The molecule has 1 aliphatic rings. The van der Waals surface area contributed by atoms with Crippen LogP contribution in [0.25, 0.3) is 11.3 Å². The molecule has 0 unspecified atom stereocenters. The SMILES string of the molecule is CN1CCC(F)(Cn2cnc(-c3ccc(F)cc3)c2)CC1. The zero-order valence-electron chi connectivity index (χ0n) is 12.1. The van der Waals surface area contributed by atoms with Gasteiger partial charge in [-0.2, -0.15) is 0 Å². The molecule has 0 radical (unpaired) electrons. The molecule has 0 saturated carbocycles. The number of piperidine rings is 1. The molecule has 0 amide bonds. The third-order valence-corrected chi connectivity index (χ3v) is 4.12. The molecular weight excluding hydrogens is 272 g/mol. The molecule has 3 rings (SSSR count). The lowest BCUT2D eigenvalue weighted by molar-refractivity contribution is 0.0532. The van der Waals surface area contributed by atoms with Crippen LogP contribution in [-0.4, -0.2) is 40.3 Å². The summed E-state index contributed by atoms with van der Waals surface area (Å²) >= 11 is 0. The molecule has 1 aliphatic heterocycles. The number of hydrogen-bond donors (Lipinski definition) is 0. The van der Waals surface area contributed by atoms with E-state index in [1.807, 2.05) is 13.2 Å². The van der Waals surface area contributed by atoms with Crippen molar-refractivity contribution in [3.8, 4) is 11.3 Å². The highest BCUT2D eigenvalue weighted by Gasteiger charge is 2.33. The molecule has 0 spiro atoms. The van der Waals surface area contributed by atoms with Crippen LogP contribution in [0.3, 0.4) is 0 Å². The molecule has 2 aromatic rings. The van der Waals surface area contributed by atoms with E-state index in [0.29, 0.717) is 19.4 Å². The quantitative estimate of drug-likeness (QED) is 0.866. The Morgan fingerprint density at radius 3 is 2.52 bits per heavy atom. The lowest BCUT2D eigenvalue weighted by atomic mass is 9.93. The van der Waals surface area contributed by atoms with Crippen molar-refractivity contribution >= 4 is 0 Å². The summed E-state index contributed by atoms with van der Waals surface area (Å²) in [5.41, 5.74) is 0.422. The molecule has 1 fully saturated rings. The van der Waals surface area contributed by atoms with Crippen LogP contribution >= 0.6 is 0 Å². The average Bonchev–Trinajstić information content (AvgIpc) is 2.91. The van der Waals surface area contributed by atoms with E-state index in [0.717, 1.165) is 24.3 Å². The van der Waals surface area contributed by atoms with E-state index in [2.05, 4.69) is 9.88 Å². The van der Waals surface area contributed by atoms with Gasteiger partial charge < -0.3 is 9.47 Å². The minimum atomic E-state index is -1.16. The molecule has 0 atom stereocenters. The van der Waals surface area contributed by atoms with Crippen LogP contribution in [0.4, 0.5) is 8.78 Å². The Labute approximate surface area is 123 Å². The van der Waals surface area contributed by atoms with Gasteiger partial charge in [-0.3, -0.25) is 0 Å². The number of nitrogens with zero attached hydrogens (tertiary/aromatic N) is 3. The predicted molar refractivity (Wildman–Crippen MR) is 78.2 cm³/mol. The van der Waals surface area contributed by atoms with E-state index in [4.69, 9.17) is 0 Å². The van der Waals surface area contributed by atoms with Crippen molar-refractivity contribution in [2.75, 3.05) is 20.1 Å². The highest BCUT2D eigenvalue weighted by molar-refractivity contribution is 5.57. The number of alkyl halides is 1. The largest absolute Gasteiger partial charge is 0.334 e. The second-order valence-corrected chi connectivity index (χ2v) is 5.89. The molecule has 0 aliphatic carbocycles. The van der Waals surface area contributed by atoms with Crippen molar-refractivity contribution in [3.63, 3.8) is 0 Å². The standard InChI is InChI=1S/C16H19F2N3/c1-20-8-6-16(18,7-9-20)11-21-10-15(19-12-21)13-2-4-14(17)5-3-13/h2-5,10,12H,6-9,11H2,1H3. The van der Waals surface area contributed by atoms with Crippen LogP contribution in [0.1, 0.15) is 12.8 Å². The molecule has 1 saturated heterocycles. The van der Waals surface area contributed by atoms with E-state index >= 15 is 0 Å². The molecule has 1 aromatic heterocycles. The van der Waals surface area contributed by atoms with Gasteiger partial charge in [-0.1, -0.05) is 0 Å². The van der Waals surface area contributed by atoms with Gasteiger partial charge in [0.25, 0.3) is 0 Å². The van der Waals surface area contributed by atoms with Gasteiger partial charge in [0, 0.05) is 24.8 Å². The molecule has 21 heavy (non-hydrogen) atoms. The zero-order valence-corrected chi connectivity index (χ0v) is 12.1.